The van der Waals surface area contributed by atoms with E-state index in [0.717, 1.165) is 6.07 Å². The topological polar surface area (TPSA) is 52.3 Å². The Morgan fingerprint density at radius 3 is 2.75 bits per heavy atom. The monoisotopic (exact) mass is 189 g/mol. The third kappa shape index (κ3) is 1.85. The summed E-state index contributed by atoms with van der Waals surface area (Å²) in [6.45, 7) is 0. The van der Waals surface area contributed by atoms with Gasteiger partial charge in [-0.05, 0) is 12.1 Å². The third-order valence-electron chi connectivity index (χ3n) is 1.12. The minimum absolute atomic E-state index is 0.00815. The van der Waals surface area contributed by atoms with Gasteiger partial charge in [-0.1, -0.05) is 17.7 Å². The van der Waals surface area contributed by atoms with Crippen LogP contribution in [0.2, 0.25) is 5.02 Å². The fourth-order valence-corrected chi connectivity index (χ4v) is 0.882. The van der Waals surface area contributed by atoms with Crippen molar-refractivity contribution in [3.63, 3.8) is 0 Å². The van der Waals surface area contributed by atoms with Crippen molar-refractivity contribution in [1.82, 2.24) is 0 Å². The van der Waals surface area contributed by atoms with E-state index in [1.165, 1.54) is 12.1 Å². The van der Waals surface area contributed by atoms with E-state index >= 15 is 0 Å². The number of hydrogen-bond acceptors (Lipinski definition) is 2. The normalized spacial score (nSPS) is 9.50. The molecule has 0 spiro atoms. The third-order valence-corrected chi connectivity index (χ3v) is 1.42. The van der Waals surface area contributed by atoms with Gasteiger partial charge in [0.2, 0.25) is 0 Å². The number of ether oxygens (including phenoxy) is 1. The molecule has 1 rings (SSSR count). The fraction of sp³-hybridized carbons (Fsp3) is 0. The molecule has 0 saturated carbocycles. The van der Waals surface area contributed by atoms with Crippen LogP contribution < -0.4 is 10.5 Å². The summed E-state index contributed by atoms with van der Waals surface area (Å²) >= 11 is 5.50. The Kier molecular flexibility index (Phi) is 2.50. The summed E-state index contributed by atoms with van der Waals surface area (Å²) < 4.78 is 17.1. The quantitative estimate of drug-likeness (QED) is 0.734. The largest absolute Gasteiger partial charge is 0.410 e. The highest BCUT2D eigenvalue weighted by Gasteiger charge is 2.09. The summed E-state index contributed by atoms with van der Waals surface area (Å²) in [5, 5.41) is 0.00815. The molecule has 0 saturated heterocycles. The molecule has 2 N–H and O–H groups in total. The highest BCUT2D eigenvalue weighted by molar-refractivity contribution is 6.32. The van der Waals surface area contributed by atoms with E-state index in [1.807, 2.05) is 0 Å². The molecule has 0 bridgehead atoms. The molecule has 1 amide bonds. The second-order valence-corrected chi connectivity index (χ2v) is 2.38. The number of para-hydroxylation sites is 1. The van der Waals surface area contributed by atoms with Gasteiger partial charge in [0, 0.05) is 0 Å². The molecule has 0 unspecified atom stereocenters. The van der Waals surface area contributed by atoms with Gasteiger partial charge in [-0.25, -0.2) is 9.18 Å². The molecule has 0 aromatic heterocycles. The first-order valence-corrected chi connectivity index (χ1v) is 3.40. The standard InChI is InChI=1S/C7H5ClFNO2/c8-4-2-1-3-5(9)6(4)12-7(10)11/h1-3H,(H2,10,11). The summed E-state index contributed by atoms with van der Waals surface area (Å²) in [6, 6.07) is 3.90. The van der Waals surface area contributed by atoms with Gasteiger partial charge in [-0.15, -0.1) is 0 Å². The molecule has 0 radical (unpaired) electrons. The molecular weight excluding hydrogens is 185 g/mol. The Hall–Kier alpha value is -1.29. The first kappa shape index (κ1) is 8.80. The summed E-state index contributed by atoms with van der Waals surface area (Å²) in [5.41, 5.74) is 4.68. The van der Waals surface area contributed by atoms with E-state index in [4.69, 9.17) is 11.6 Å². The summed E-state index contributed by atoms with van der Waals surface area (Å²) in [7, 11) is 0. The number of amides is 1. The molecule has 5 heteroatoms. The molecule has 3 nitrogen and oxygen atoms in total. The Balaban J connectivity index is 3.04. The van der Waals surface area contributed by atoms with E-state index in [0.29, 0.717) is 0 Å². The summed E-state index contributed by atoms with van der Waals surface area (Å²) in [6.07, 6.45) is -1.10. The summed E-state index contributed by atoms with van der Waals surface area (Å²) in [4.78, 5) is 10.2. The summed E-state index contributed by atoms with van der Waals surface area (Å²) in [5.74, 6) is -1.06. The highest BCUT2D eigenvalue weighted by Crippen LogP contribution is 2.26. The van der Waals surface area contributed by atoms with Gasteiger partial charge in [0.25, 0.3) is 0 Å². The molecule has 0 aliphatic rings. The van der Waals surface area contributed by atoms with Crippen molar-refractivity contribution in [2.45, 2.75) is 0 Å². The molecule has 0 heterocycles. The number of nitrogens with two attached hydrogens (primary N) is 1. The van der Waals surface area contributed by atoms with E-state index < -0.39 is 11.9 Å². The predicted molar refractivity (Wildman–Crippen MR) is 41.6 cm³/mol. The molecule has 0 fully saturated rings. The maximum absolute atomic E-state index is 12.8. The molecule has 0 atom stereocenters. The minimum Gasteiger partial charge on any atom is -0.406 e. The van der Waals surface area contributed by atoms with Gasteiger partial charge in [-0.2, -0.15) is 0 Å². The Bertz CT molecular complexity index is 296. The van der Waals surface area contributed by atoms with E-state index in [2.05, 4.69) is 10.5 Å². The smallest absolute Gasteiger partial charge is 0.406 e. The first-order valence-electron chi connectivity index (χ1n) is 3.02. The molecular formula is C7H5ClFNO2. The van der Waals surface area contributed by atoms with E-state index in [1.54, 1.807) is 0 Å². The van der Waals surface area contributed by atoms with Crippen LogP contribution in [0.4, 0.5) is 9.18 Å². The lowest BCUT2D eigenvalue weighted by atomic mass is 10.3. The predicted octanol–water partition coefficient (Wildman–Crippen LogP) is 1.94. The molecule has 1 aromatic carbocycles. The van der Waals surface area contributed by atoms with Crippen LogP contribution in [0.15, 0.2) is 18.2 Å². The van der Waals surface area contributed by atoms with Crippen LogP contribution in [0.25, 0.3) is 0 Å². The minimum atomic E-state index is -1.10. The van der Waals surface area contributed by atoms with Crippen LogP contribution >= 0.6 is 11.6 Å². The number of rotatable bonds is 1. The van der Waals surface area contributed by atoms with Gasteiger partial charge >= 0.3 is 6.09 Å². The van der Waals surface area contributed by atoms with Crippen molar-refractivity contribution in [2.75, 3.05) is 0 Å². The SMILES string of the molecule is NC(=O)Oc1c(F)cccc1Cl. The lowest BCUT2D eigenvalue weighted by Crippen LogP contribution is -2.17. The van der Waals surface area contributed by atoms with Gasteiger partial charge in [-0.3, -0.25) is 0 Å². The zero-order valence-corrected chi connectivity index (χ0v) is 6.64. The maximum Gasteiger partial charge on any atom is 0.410 e. The van der Waals surface area contributed by atoms with E-state index in [9.17, 15) is 9.18 Å². The number of hydrogen-bond donors (Lipinski definition) is 1. The van der Waals surface area contributed by atoms with Crippen molar-refractivity contribution in [3.8, 4) is 5.75 Å². The number of carbonyl (C=O) groups excluding carboxylic acids is 1. The van der Waals surface area contributed by atoms with Crippen molar-refractivity contribution in [1.29, 1.82) is 0 Å². The molecule has 0 aliphatic heterocycles. The lowest BCUT2D eigenvalue weighted by molar-refractivity contribution is 0.209. The average Bonchev–Trinajstić information content (AvgIpc) is 1.97. The highest BCUT2D eigenvalue weighted by atomic mass is 35.5. The Morgan fingerprint density at radius 2 is 2.25 bits per heavy atom. The van der Waals surface area contributed by atoms with Gasteiger partial charge < -0.3 is 10.5 Å². The van der Waals surface area contributed by atoms with Gasteiger partial charge in [0.1, 0.15) is 0 Å². The van der Waals surface area contributed by atoms with Crippen LogP contribution in [-0.2, 0) is 0 Å². The van der Waals surface area contributed by atoms with E-state index in [-0.39, 0.29) is 10.8 Å². The second kappa shape index (κ2) is 3.40. The zero-order chi connectivity index (χ0) is 9.14. The van der Waals surface area contributed by atoms with Crippen LogP contribution in [0.3, 0.4) is 0 Å². The van der Waals surface area contributed by atoms with Crippen molar-refractivity contribution < 1.29 is 13.9 Å². The second-order valence-electron chi connectivity index (χ2n) is 1.97. The lowest BCUT2D eigenvalue weighted by Gasteiger charge is -2.03. The van der Waals surface area contributed by atoms with Crippen LogP contribution in [0, 0.1) is 5.82 Å². The first-order chi connectivity index (χ1) is 5.61. The molecule has 64 valence electrons. The fourth-order valence-electron chi connectivity index (χ4n) is 0.681. The van der Waals surface area contributed by atoms with Crippen molar-refractivity contribution in [2.24, 2.45) is 5.73 Å². The average molecular weight is 190 g/mol. The number of halogens is 2. The number of benzene rings is 1. The maximum atomic E-state index is 12.8. The van der Waals surface area contributed by atoms with Gasteiger partial charge in [0.15, 0.2) is 11.6 Å². The Labute approximate surface area is 72.9 Å². The van der Waals surface area contributed by atoms with Crippen LogP contribution in [-0.4, -0.2) is 6.09 Å². The molecule has 12 heavy (non-hydrogen) atoms. The van der Waals surface area contributed by atoms with Gasteiger partial charge in [0.05, 0.1) is 5.02 Å². The number of carbonyl (C=O) groups is 1. The molecule has 0 aliphatic carbocycles. The van der Waals surface area contributed by atoms with Crippen LogP contribution in [0.5, 0.6) is 5.75 Å². The van der Waals surface area contributed by atoms with Crippen LogP contribution in [0.1, 0.15) is 0 Å². The molecule has 1 aromatic rings. The van der Waals surface area contributed by atoms with Crippen molar-refractivity contribution in [3.05, 3.63) is 29.0 Å². The number of primary amides is 1. The van der Waals surface area contributed by atoms with Crippen molar-refractivity contribution >= 4 is 17.7 Å². The zero-order valence-electron chi connectivity index (χ0n) is 5.88. The Morgan fingerprint density at radius 1 is 1.58 bits per heavy atom.